The van der Waals surface area contributed by atoms with Gasteiger partial charge in [-0.25, -0.2) is 4.39 Å². The number of ether oxygens (including phenoxy) is 1. The highest BCUT2D eigenvalue weighted by atomic mass is 35.5. The Morgan fingerprint density at radius 2 is 1.77 bits per heavy atom. The van der Waals surface area contributed by atoms with Gasteiger partial charge in [0.05, 0.1) is 24.5 Å². The van der Waals surface area contributed by atoms with E-state index in [4.69, 9.17) is 10.5 Å². The Kier molecular flexibility index (Phi) is 10.5. The Morgan fingerprint density at radius 3 is 2.47 bits per heavy atom. The normalized spacial score (nSPS) is 13.5. The number of carbonyl (C=O) groups is 2. The molecule has 2 amide bonds. The molecule has 2 aromatic carbocycles. The van der Waals surface area contributed by atoms with Gasteiger partial charge >= 0.3 is 0 Å². The van der Waals surface area contributed by atoms with Gasteiger partial charge in [0.2, 0.25) is 5.91 Å². The number of halogens is 3. The fourth-order valence-corrected chi connectivity index (χ4v) is 2.90. The van der Waals surface area contributed by atoms with Crippen LogP contribution >= 0.6 is 24.8 Å². The van der Waals surface area contributed by atoms with Crippen LogP contribution in [-0.4, -0.2) is 49.6 Å². The van der Waals surface area contributed by atoms with Crippen LogP contribution in [0.3, 0.4) is 0 Å². The average Bonchev–Trinajstić information content (AvgIpc) is 2.70. The minimum atomic E-state index is -0.572. The molecule has 1 fully saturated rings. The van der Waals surface area contributed by atoms with Gasteiger partial charge in [-0.05, 0) is 30.3 Å². The molecule has 164 valence electrons. The number of nitrogens with zero attached hydrogens (tertiary/aromatic N) is 1. The van der Waals surface area contributed by atoms with Crippen LogP contribution in [0.2, 0.25) is 0 Å². The fourth-order valence-electron chi connectivity index (χ4n) is 2.90. The number of morpholine rings is 1. The zero-order chi connectivity index (χ0) is 19.9. The van der Waals surface area contributed by atoms with Crippen molar-refractivity contribution in [2.24, 2.45) is 0 Å². The summed E-state index contributed by atoms with van der Waals surface area (Å²) in [6.45, 7) is 3.46. The van der Waals surface area contributed by atoms with Crippen molar-refractivity contribution >= 4 is 53.7 Å². The highest BCUT2D eigenvalue weighted by Crippen LogP contribution is 2.21. The standard InChI is InChI=1S/C20H23FN4O3.2ClH/c21-16-6-5-14(23-20(27)15-3-1-2-4-17(15)22)13-18(16)24-19(26)7-8-25-9-11-28-12-10-25;;/h1-6,13H,7-12,22H2,(H,23,27)(H,24,26);2*1H. The molecule has 0 aliphatic carbocycles. The first-order valence-corrected chi connectivity index (χ1v) is 9.08. The summed E-state index contributed by atoms with van der Waals surface area (Å²) in [5.74, 6) is -1.27. The maximum atomic E-state index is 14.1. The van der Waals surface area contributed by atoms with Gasteiger partial charge in [0.25, 0.3) is 5.91 Å². The molecule has 0 bridgehead atoms. The maximum absolute atomic E-state index is 14.1. The first-order valence-electron chi connectivity index (χ1n) is 9.08. The third-order valence-electron chi connectivity index (χ3n) is 4.46. The van der Waals surface area contributed by atoms with E-state index in [9.17, 15) is 14.0 Å². The lowest BCUT2D eigenvalue weighted by Crippen LogP contribution is -2.38. The lowest BCUT2D eigenvalue weighted by atomic mass is 10.1. The second-order valence-corrected chi connectivity index (χ2v) is 6.49. The van der Waals surface area contributed by atoms with E-state index in [-0.39, 0.29) is 42.8 Å². The number of hydrogen-bond acceptors (Lipinski definition) is 5. The van der Waals surface area contributed by atoms with Crippen LogP contribution in [0.4, 0.5) is 21.5 Å². The highest BCUT2D eigenvalue weighted by Gasteiger charge is 2.14. The van der Waals surface area contributed by atoms with Gasteiger partial charge < -0.3 is 21.1 Å². The number of nitrogen functional groups attached to an aromatic ring is 1. The summed E-state index contributed by atoms with van der Waals surface area (Å²) in [7, 11) is 0. The lowest BCUT2D eigenvalue weighted by molar-refractivity contribution is -0.116. The lowest BCUT2D eigenvalue weighted by Gasteiger charge is -2.26. The Labute approximate surface area is 187 Å². The number of nitrogens with two attached hydrogens (primary N) is 1. The number of nitrogens with one attached hydrogen (secondary N) is 2. The molecule has 1 aliphatic heterocycles. The van der Waals surface area contributed by atoms with E-state index in [0.29, 0.717) is 36.7 Å². The van der Waals surface area contributed by atoms with Crippen LogP contribution < -0.4 is 16.4 Å². The maximum Gasteiger partial charge on any atom is 0.257 e. The van der Waals surface area contributed by atoms with E-state index in [2.05, 4.69) is 15.5 Å². The van der Waals surface area contributed by atoms with Crippen molar-refractivity contribution in [2.45, 2.75) is 6.42 Å². The van der Waals surface area contributed by atoms with Crippen molar-refractivity contribution in [3.05, 3.63) is 53.8 Å². The molecule has 30 heavy (non-hydrogen) atoms. The van der Waals surface area contributed by atoms with E-state index in [1.165, 1.54) is 18.2 Å². The van der Waals surface area contributed by atoms with Gasteiger partial charge in [-0.15, -0.1) is 24.8 Å². The van der Waals surface area contributed by atoms with Crippen molar-refractivity contribution in [2.75, 3.05) is 49.2 Å². The zero-order valence-electron chi connectivity index (χ0n) is 16.2. The van der Waals surface area contributed by atoms with Crippen LogP contribution in [0.15, 0.2) is 42.5 Å². The van der Waals surface area contributed by atoms with E-state index in [0.717, 1.165) is 13.1 Å². The Hall–Kier alpha value is -2.39. The topological polar surface area (TPSA) is 96.7 Å². The SMILES string of the molecule is Cl.Cl.Nc1ccccc1C(=O)Nc1ccc(F)c(NC(=O)CCN2CCOCC2)c1. The summed E-state index contributed by atoms with van der Waals surface area (Å²) in [5, 5.41) is 5.23. The van der Waals surface area contributed by atoms with Crippen molar-refractivity contribution in [1.82, 2.24) is 4.90 Å². The summed E-state index contributed by atoms with van der Waals surface area (Å²) < 4.78 is 19.3. The third-order valence-corrected chi connectivity index (χ3v) is 4.46. The van der Waals surface area contributed by atoms with Gasteiger partial charge in [0, 0.05) is 37.4 Å². The monoisotopic (exact) mass is 458 g/mol. The number of benzene rings is 2. The number of amides is 2. The number of para-hydroxylation sites is 1. The smallest absolute Gasteiger partial charge is 0.257 e. The van der Waals surface area contributed by atoms with Crippen LogP contribution in [0, 0.1) is 5.82 Å². The number of rotatable bonds is 6. The van der Waals surface area contributed by atoms with Gasteiger partial charge in [-0.1, -0.05) is 12.1 Å². The molecule has 1 heterocycles. The molecular weight excluding hydrogens is 434 g/mol. The molecule has 4 N–H and O–H groups in total. The molecule has 2 aromatic rings. The summed E-state index contributed by atoms with van der Waals surface area (Å²) >= 11 is 0. The molecule has 0 aromatic heterocycles. The third kappa shape index (κ3) is 7.14. The second-order valence-electron chi connectivity index (χ2n) is 6.49. The van der Waals surface area contributed by atoms with Gasteiger partial charge in [0.15, 0.2) is 0 Å². The van der Waals surface area contributed by atoms with Crippen molar-refractivity contribution in [1.29, 1.82) is 0 Å². The predicted octanol–water partition coefficient (Wildman–Crippen LogP) is 3.16. The summed E-state index contributed by atoms with van der Waals surface area (Å²) in [4.78, 5) is 26.6. The molecule has 1 saturated heterocycles. The average molecular weight is 459 g/mol. The fraction of sp³-hybridized carbons (Fsp3) is 0.300. The van der Waals surface area contributed by atoms with Crippen LogP contribution in [0.25, 0.3) is 0 Å². The Bertz CT molecular complexity index is 864. The van der Waals surface area contributed by atoms with Crippen molar-refractivity contribution in [3.8, 4) is 0 Å². The molecule has 7 nitrogen and oxygen atoms in total. The number of carbonyl (C=O) groups excluding carboxylic acids is 2. The highest BCUT2D eigenvalue weighted by molar-refractivity contribution is 6.08. The molecule has 3 rings (SSSR count). The minimum Gasteiger partial charge on any atom is -0.398 e. The van der Waals surface area contributed by atoms with Gasteiger partial charge in [-0.3, -0.25) is 14.5 Å². The van der Waals surface area contributed by atoms with Crippen molar-refractivity contribution < 1.29 is 18.7 Å². The van der Waals surface area contributed by atoms with Crippen molar-refractivity contribution in [3.63, 3.8) is 0 Å². The molecule has 0 radical (unpaired) electrons. The predicted molar refractivity (Wildman–Crippen MR) is 120 cm³/mol. The second kappa shape index (κ2) is 12.3. The number of hydrogen-bond donors (Lipinski definition) is 3. The zero-order valence-corrected chi connectivity index (χ0v) is 17.9. The van der Waals surface area contributed by atoms with E-state index in [1.54, 1.807) is 24.3 Å². The molecule has 0 spiro atoms. The molecule has 0 saturated carbocycles. The summed E-state index contributed by atoms with van der Waals surface area (Å²) in [6, 6.07) is 10.7. The molecule has 0 atom stereocenters. The van der Waals surface area contributed by atoms with Crippen LogP contribution in [0.1, 0.15) is 16.8 Å². The minimum absolute atomic E-state index is 0. The molecule has 10 heteroatoms. The van der Waals surface area contributed by atoms with Crippen LogP contribution in [-0.2, 0) is 9.53 Å². The van der Waals surface area contributed by atoms with E-state index in [1.807, 2.05) is 0 Å². The first-order chi connectivity index (χ1) is 13.5. The first kappa shape index (κ1) is 25.6. The summed E-state index contributed by atoms with van der Waals surface area (Å²) in [5.41, 5.74) is 6.85. The molecule has 1 aliphatic rings. The Morgan fingerprint density at radius 1 is 1.07 bits per heavy atom. The summed E-state index contributed by atoms with van der Waals surface area (Å²) in [6.07, 6.45) is 0.247. The quantitative estimate of drug-likeness (QED) is 0.577. The molecular formula is C20H25Cl2FN4O3. The number of anilines is 3. The Balaban J connectivity index is 0.00000225. The van der Waals surface area contributed by atoms with E-state index >= 15 is 0 Å². The molecule has 0 unspecified atom stereocenters. The van der Waals surface area contributed by atoms with E-state index < -0.39 is 11.7 Å². The van der Waals surface area contributed by atoms with Gasteiger partial charge in [-0.2, -0.15) is 0 Å². The largest absolute Gasteiger partial charge is 0.398 e. The van der Waals surface area contributed by atoms with Gasteiger partial charge in [0.1, 0.15) is 5.82 Å². The van der Waals surface area contributed by atoms with Crippen LogP contribution in [0.5, 0.6) is 0 Å².